The summed E-state index contributed by atoms with van der Waals surface area (Å²) >= 11 is 0. The second-order valence-electron chi connectivity index (χ2n) is 6.59. The van der Waals surface area contributed by atoms with Gasteiger partial charge in [-0.05, 0) is 24.6 Å². The number of amides is 2. The molecule has 2 unspecified atom stereocenters. The van der Waals surface area contributed by atoms with Crippen LogP contribution in [0.1, 0.15) is 36.6 Å². The second-order valence-corrected chi connectivity index (χ2v) is 6.59. The molecule has 0 spiro atoms. The highest BCUT2D eigenvalue weighted by Crippen LogP contribution is 2.27. The third-order valence-electron chi connectivity index (χ3n) is 4.33. The molecule has 1 heterocycles. The molecule has 1 aromatic heterocycles. The van der Waals surface area contributed by atoms with E-state index in [2.05, 4.69) is 20.8 Å². The molecule has 0 saturated heterocycles. The van der Waals surface area contributed by atoms with E-state index in [9.17, 15) is 14.0 Å². The normalized spacial score (nSPS) is 12.8. The Bertz CT molecular complexity index is 990. The summed E-state index contributed by atoms with van der Waals surface area (Å²) in [5.41, 5.74) is 0.900. The molecule has 7 nitrogen and oxygen atoms in total. The van der Waals surface area contributed by atoms with Gasteiger partial charge in [-0.3, -0.25) is 9.59 Å². The first-order valence-electron chi connectivity index (χ1n) is 9.13. The van der Waals surface area contributed by atoms with Crippen LogP contribution < -0.4 is 10.6 Å². The molecule has 0 aliphatic rings. The fraction of sp³-hybridized carbons (Fsp3) is 0.238. The number of nitrogens with zero attached hydrogens (tertiary/aromatic N) is 2. The molecule has 2 atom stereocenters. The van der Waals surface area contributed by atoms with Crippen LogP contribution in [0, 0.1) is 12.7 Å². The van der Waals surface area contributed by atoms with Crippen molar-refractivity contribution in [2.75, 3.05) is 5.32 Å². The van der Waals surface area contributed by atoms with Gasteiger partial charge in [0.1, 0.15) is 11.9 Å². The van der Waals surface area contributed by atoms with E-state index in [0.717, 1.165) is 5.56 Å². The molecule has 0 radical (unpaired) electrons. The number of nitrogens with one attached hydrogen (secondary N) is 2. The van der Waals surface area contributed by atoms with Gasteiger partial charge in [-0.2, -0.15) is 0 Å². The number of hydrogen-bond donors (Lipinski definition) is 2. The SMILES string of the molecule is Cc1nnc(C(CC(=O)NC(C)C(=O)Nc2ccccc2F)c2ccccc2)o1. The molecule has 0 fully saturated rings. The molecule has 3 rings (SSSR count). The van der Waals surface area contributed by atoms with Crippen molar-refractivity contribution >= 4 is 17.5 Å². The first-order chi connectivity index (χ1) is 13.9. The first kappa shape index (κ1) is 20.2. The van der Waals surface area contributed by atoms with Gasteiger partial charge < -0.3 is 15.1 Å². The van der Waals surface area contributed by atoms with Crippen LogP contribution in [0.4, 0.5) is 10.1 Å². The Morgan fingerprint density at radius 2 is 1.76 bits per heavy atom. The Morgan fingerprint density at radius 3 is 2.41 bits per heavy atom. The van der Waals surface area contributed by atoms with Crippen LogP contribution in [0.2, 0.25) is 0 Å². The quantitative estimate of drug-likeness (QED) is 0.639. The summed E-state index contributed by atoms with van der Waals surface area (Å²) in [4.78, 5) is 24.9. The van der Waals surface area contributed by atoms with Gasteiger partial charge in [-0.25, -0.2) is 4.39 Å². The summed E-state index contributed by atoms with van der Waals surface area (Å²) in [7, 11) is 0. The van der Waals surface area contributed by atoms with Crippen molar-refractivity contribution in [3.05, 3.63) is 77.8 Å². The Labute approximate surface area is 167 Å². The van der Waals surface area contributed by atoms with E-state index < -0.39 is 23.7 Å². The van der Waals surface area contributed by atoms with E-state index >= 15 is 0 Å². The zero-order chi connectivity index (χ0) is 20.8. The van der Waals surface area contributed by atoms with E-state index in [1.165, 1.54) is 25.1 Å². The van der Waals surface area contributed by atoms with Crippen LogP contribution in [-0.2, 0) is 9.59 Å². The van der Waals surface area contributed by atoms with Gasteiger partial charge in [0, 0.05) is 13.3 Å². The zero-order valence-electron chi connectivity index (χ0n) is 16.1. The predicted molar refractivity (Wildman–Crippen MR) is 105 cm³/mol. The molecule has 150 valence electrons. The van der Waals surface area contributed by atoms with Crippen molar-refractivity contribution in [1.82, 2.24) is 15.5 Å². The third kappa shape index (κ3) is 5.25. The summed E-state index contributed by atoms with van der Waals surface area (Å²) in [6.45, 7) is 3.20. The number of aromatic nitrogens is 2. The van der Waals surface area contributed by atoms with E-state index in [-0.39, 0.29) is 18.0 Å². The average molecular weight is 396 g/mol. The van der Waals surface area contributed by atoms with E-state index in [1.54, 1.807) is 13.0 Å². The molecule has 3 aromatic rings. The third-order valence-corrected chi connectivity index (χ3v) is 4.33. The van der Waals surface area contributed by atoms with Crippen molar-refractivity contribution in [3.63, 3.8) is 0 Å². The number of halogens is 1. The Balaban J connectivity index is 1.67. The molecule has 2 N–H and O–H groups in total. The van der Waals surface area contributed by atoms with Crippen molar-refractivity contribution in [2.45, 2.75) is 32.2 Å². The molecule has 8 heteroatoms. The van der Waals surface area contributed by atoms with Crippen molar-refractivity contribution < 1.29 is 18.4 Å². The standard InChI is InChI=1S/C21H21FN4O3/c1-13(20(28)24-18-11-7-6-10-17(18)22)23-19(27)12-16(15-8-4-3-5-9-15)21-26-25-14(2)29-21/h3-11,13,16H,12H2,1-2H3,(H,23,27)(H,24,28). The maximum absolute atomic E-state index is 13.7. The molecule has 0 aliphatic carbocycles. The average Bonchev–Trinajstić information content (AvgIpc) is 3.14. The lowest BCUT2D eigenvalue weighted by molar-refractivity contribution is -0.126. The minimum atomic E-state index is -0.858. The van der Waals surface area contributed by atoms with Gasteiger partial charge in [0.2, 0.25) is 23.6 Å². The number of rotatable bonds is 7. The summed E-state index contributed by atoms with van der Waals surface area (Å²) in [6.07, 6.45) is 0.0168. The molecule has 29 heavy (non-hydrogen) atoms. The lowest BCUT2D eigenvalue weighted by Gasteiger charge is -2.17. The number of aryl methyl sites for hydroxylation is 1. The maximum Gasteiger partial charge on any atom is 0.246 e. The van der Waals surface area contributed by atoms with Gasteiger partial charge in [0.15, 0.2) is 0 Å². The van der Waals surface area contributed by atoms with E-state index in [1.807, 2.05) is 30.3 Å². The largest absolute Gasteiger partial charge is 0.425 e. The van der Waals surface area contributed by atoms with Crippen molar-refractivity contribution in [2.24, 2.45) is 0 Å². The predicted octanol–water partition coefficient (Wildman–Crippen LogP) is 3.18. The summed E-state index contributed by atoms with van der Waals surface area (Å²) in [6, 6.07) is 14.3. The van der Waals surface area contributed by atoms with Crippen LogP contribution in [0.3, 0.4) is 0 Å². The van der Waals surface area contributed by atoms with E-state index in [4.69, 9.17) is 4.42 Å². The highest BCUT2D eigenvalue weighted by Gasteiger charge is 2.25. The van der Waals surface area contributed by atoms with Gasteiger partial charge in [-0.15, -0.1) is 10.2 Å². The van der Waals surface area contributed by atoms with Crippen LogP contribution in [0.5, 0.6) is 0 Å². The molecular weight excluding hydrogens is 375 g/mol. The summed E-state index contributed by atoms with van der Waals surface area (Å²) < 4.78 is 19.2. The fourth-order valence-corrected chi connectivity index (χ4v) is 2.84. The number of anilines is 1. The smallest absolute Gasteiger partial charge is 0.246 e. The Kier molecular flexibility index (Phi) is 6.33. The van der Waals surface area contributed by atoms with E-state index in [0.29, 0.717) is 11.8 Å². The first-order valence-corrected chi connectivity index (χ1v) is 9.13. The molecule has 2 amide bonds. The van der Waals surface area contributed by atoms with Crippen LogP contribution in [-0.4, -0.2) is 28.1 Å². The lowest BCUT2D eigenvalue weighted by atomic mass is 9.95. The number of benzene rings is 2. The minimum absolute atomic E-state index is 0.0168. The minimum Gasteiger partial charge on any atom is -0.425 e. The lowest BCUT2D eigenvalue weighted by Crippen LogP contribution is -2.42. The zero-order valence-corrected chi connectivity index (χ0v) is 16.1. The van der Waals surface area contributed by atoms with Crippen molar-refractivity contribution in [3.8, 4) is 0 Å². The summed E-state index contributed by atoms with van der Waals surface area (Å²) in [5.74, 6) is -1.15. The maximum atomic E-state index is 13.7. The van der Waals surface area contributed by atoms with Crippen molar-refractivity contribution in [1.29, 1.82) is 0 Å². The molecule has 0 saturated carbocycles. The van der Waals surface area contributed by atoms with Gasteiger partial charge in [0.25, 0.3) is 0 Å². The number of para-hydroxylation sites is 1. The van der Waals surface area contributed by atoms with Crippen LogP contribution >= 0.6 is 0 Å². The summed E-state index contributed by atoms with van der Waals surface area (Å²) in [5, 5.41) is 13.0. The number of carbonyl (C=O) groups is 2. The highest BCUT2D eigenvalue weighted by atomic mass is 19.1. The molecule has 2 aromatic carbocycles. The van der Waals surface area contributed by atoms with Gasteiger partial charge in [0.05, 0.1) is 11.6 Å². The topological polar surface area (TPSA) is 97.1 Å². The molecule has 0 bridgehead atoms. The monoisotopic (exact) mass is 396 g/mol. The fourth-order valence-electron chi connectivity index (χ4n) is 2.84. The number of carbonyl (C=O) groups excluding carboxylic acids is 2. The molecular formula is C21H21FN4O3. The van der Waals surface area contributed by atoms with Crippen LogP contribution in [0.15, 0.2) is 59.0 Å². The van der Waals surface area contributed by atoms with Gasteiger partial charge in [-0.1, -0.05) is 42.5 Å². The number of hydrogen-bond acceptors (Lipinski definition) is 5. The Hall–Kier alpha value is -3.55. The Morgan fingerprint density at radius 1 is 1.07 bits per heavy atom. The highest BCUT2D eigenvalue weighted by molar-refractivity contribution is 5.97. The molecule has 0 aliphatic heterocycles. The van der Waals surface area contributed by atoms with Gasteiger partial charge >= 0.3 is 0 Å². The van der Waals surface area contributed by atoms with Crippen LogP contribution in [0.25, 0.3) is 0 Å². The second kappa shape index (κ2) is 9.09.